The number of ether oxygens (including phenoxy) is 2. The van der Waals surface area contributed by atoms with Crippen LogP contribution in [0.1, 0.15) is 16.8 Å². The van der Waals surface area contributed by atoms with Crippen LogP contribution in [-0.4, -0.2) is 24.3 Å². The third-order valence-electron chi connectivity index (χ3n) is 5.59. The quantitative estimate of drug-likeness (QED) is 0.401. The summed E-state index contributed by atoms with van der Waals surface area (Å²) in [4.78, 5) is 11.2. The van der Waals surface area contributed by atoms with Crippen molar-refractivity contribution in [3.8, 4) is 16.9 Å². The summed E-state index contributed by atoms with van der Waals surface area (Å²) in [6.45, 7) is 5.15. The average Bonchev–Trinajstić information content (AvgIpc) is 3.03. The Morgan fingerprint density at radius 2 is 1.60 bits per heavy atom. The van der Waals surface area contributed by atoms with E-state index in [-0.39, 0.29) is 6.61 Å². The number of benzene rings is 3. The molecule has 0 N–H and O–H groups in total. The summed E-state index contributed by atoms with van der Waals surface area (Å²) in [7, 11) is 1.35. The van der Waals surface area contributed by atoms with E-state index in [1.807, 2.05) is 30.3 Å². The van der Waals surface area contributed by atoms with Crippen LogP contribution in [0.5, 0.6) is 5.75 Å². The van der Waals surface area contributed by atoms with E-state index in [1.165, 1.54) is 34.8 Å². The molecule has 0 fully saturated rings. The summed E-state index contributed by atoms with van der Waals surface area (Å²) in [5.74, 6) is 0.252. The number of methoxy groups -OCH3 is 1. The summed E-state index contributed by atoms with van der Waals surface area (Å²) < 4.78 is 12.4. The Morgan fingerprint density at radius 1 is 0.900 bits per heavy atom. The molecule has 1 heterocycles. The lowest BCUT2D eigenvalue weighted by molar-refractivity contribution is -0.142. The highest BCUT2D eigenvalue weighted by Gasteiger charge is 2.12. The van der Waals surface area contributed by atoms with Crippen molar-refractivity contribution in [2.24, 2.45) is 0 Å². The molecule has 1 aromatic heterocycles. The summed E-state index contributed by atoms with van der Waals surface area (Å²) in [5, 5.41) is 1.27. The lowest BCUT2D eigenvalue weighted by Gasteiger charge is -2.09. The number of hydrogen-bond acceptors (Lipinski definition) is 3. The molecule has 0 radical (unpaired) electrons. The first-order chi connectivity index (χ1) is 14.6. The minimum absolute atomic E-state index is 0.0881. The van der Waals surface area contributed by atoms with Gasteiger partial charge in [0.15, 0.2) is 6.61 Å². The van der Waals surface area contributed by atoms with Gasteiger partial charge in [0.1, 0.15) is 5.75 Å². The number of nitrogens with zero attached hydrogens (tertiary/aromatic N) is 1. The van der Waals surface area contributed by atoms with Gasteiger partial charge in [0, 0.05) is 23.1 Å². The molecule has 4 aromatic rings. The SMILES string of the molecule is COC(=O)COc1ccc(-c2ccc3c(c2)c(C)c(C)n3Cc2ccccc2)cc1. The Balaban J connectivity index is 1.62. The molecule has 0 saturated heterocycles. The second kappa shape index (κ2) is 8.46. The molecule has 4 rings (SSSR count). The average molecular weight is 399 g/mol. The van der Waals surface area contributed by atoms with E-state index in [4.69, 9.17) is 4.74 Å². The van der Waals surface area contributed by atoms with Gasteiger partial charge >= 0.3 is 5.97 Å². The standard InChI is InChI=1S/C26H25NO3/c1-18-19(2)27(16-20-7-5-4-6-8-20)25-14-11-22(15-24(18)25)21-9-12-23(13-10-21)30-17-26(28)29-3/h4-15H,16-17H2,1-3H3. The van der Waals surface area contributed by atoms with Gasteiger partial charge in [-0.25, -0.2) is 4.79 Å². The van der Waals surface area contributed by atoms with E-state index in [2.05, 4.69) is 65.6 Å². The number of aromatic nitrogens is 1. The predicted molar refractivity (Wildman–Crippen MR) is 120 cm³/mol. The third-order valence-corrected chi connectivity index (χ3v) is 5.59. The predicted octanol–water partition coefficient (Wildman–Crippen LogP) is 5.53. The summed E-state index contributed by atoms with van der Waals surface area (Å²) in [6, 6.07) is 24.9. The first kappa shape index (κ1) is 19.8. The first-order valence-electron chi connectivity index (χ1n) is 10.00. The number of carbonyl (C=O) groups excluding carboxylic acids is 1. The summed E-state index contributed by atoms with van der Waals surface area (Å²) >= 11 is 0. The first-order valence-corrected chi connectivity index (χ1v) is 10.00. The van der Waals surface area contributed by atoms with E-state index in [0.29, 0.717) is 5.75 Å². The van der Waals surface area contributed by atoms with Crippen molar-refractivity contribution in [3.63, 3.8) is 0 Å². The van der Waals surface area contributed by atoms with Crippen LogP contribution in [0.2, 0.25) is 0 Å². The smallest absolute Gasteiger partial charge is 0.343 e. The van der Waals surface area contributed by atoms with Gasteiger partial charge in [-0.1, -0.05) is 48.5 Å². The Bertz CT molecular complexity index is 1170. The molecule has 0 aliphatic rings. The third kappa shape index (κ3) is 3.94. The van der Waals surface area contributed by atoms with Crippen molar-refractivity contribution in [1.82, 2.24) is 4.57 Å². The van der Waals surface area contributed by atoms with Crippen LogP contribution < -0.4 is 4.74 Å². The minimum Gasteiger partial charge on any atom is -0.482 e. The maximum Gasteiger partial charge on any atom is 0.343 e. The van der Waals surface area contributed by atoms with Crippen molar-refractivity contribution in [2.75, 3.05) is 13.7 Å². The number of esters is 1. The van der Waals surface area contributed by atoms with Crippen molar-refractivity contribution in [1.29, 1.82) is 0 Å². The Morgan fingerprint density at radius 3 is 2.30 bits per heavy atom. The van der Waals surface area contributed by atoms with Gasteiger partial charge in [0.25, 0.3) is 0 Å². The highest BCUT2D eigenvalue weighted by atomic mass is 16.6. The molecule has 0 spiro atoms. The fourth-order valence-electron chi connectivity index (χ4n) is 3.74. The second-order valence-corrected chi connectivity index (χ2v) is 7.40. The molecule has 4 nitrogen and oxygen atoms in total. The fourth-order valence-corrected chi connectivity index (χ4v) is 3.74. The fraction of sp³-hybridized carbons (Fsp3) is 0.192. The molecule has 3 aromatic carbocycles. The monoisotopic (exact) mass is 399 g/mol. The zero-order valence-corrected chi connectivity index (χ0v) is 17.5. The Labute approximate surface area is 176 Å². The second-order valence-electron chi connectivity index (χ2n) is 7.40. The molecule has 0 amide bonds. The number of aryl methyl sites for hydroxylation is 1. The molecule has 0 bridgehead atoms. The number of carbonyl (C=O) groups is 1. The molecule has 30 heavy (non-hydrogen) atoms. The topological polar surface area (TPSA) is 40.5 Å². The van der Waals surface area contributed by atoms with Crippen LogP contribution in [0.4, 0.5) is 0 Å². The van der Waals surface area contributed by atoms with Crippen LogP contribution in [0, 0.1) is 13.8 Å². The zero-order chi connectivity index (χ0) is 21.1. The minimum atomic E-state index is -0.393. The largest absolute Gasteiger partial charge is 0.482 e. The van der Waals surface area contributed by atoms with Crippen molar-refractivity contribution in [2.45, 2.75) is 20.4 Å². The molecule has 0 aliphatic carbocycles. The van der Waals surface area contributed by atoms with Gasteiger partial charge < -0.3 is 14.0 Å². The number of rotatable bonds is 6. The van der Waals surface area contributed by atoms with E-state index < -0.39 is 5.97 Å². The van der Waals surface area contributed by atoms with Crippen LogP contribution in [0.25, 0.3) is 22.0 Å². The van der Waals surface area contributed by atoms with Crippen molar-refractivity contribution >= 4 is 16.9 Å². The van der Waals surface area contributed by atoms with Gasteiger partial charge in [-0.3, -0.25) is 0 Å². The van der Waals surface area contributed by atoms with Crippen molar-refractivity contribution in [3.05, 3.63) is 89.6 Å². The zero-order valence-electron chi connectivity index (χ0n) is 17.5. The van der Waals surface area contributed by atoms with Crippen LogP contribution in [0.15, 0.2) is 72.8 Å². The summed E-state index contributed by atoms with van der Waals surface area (Å²) in [6.07, 6.45) is 0. The van der Waals surface area contributed by atoms with Gasteiger partial charge in [-0.2, -0.15) is 0 Å². The molecule has 0 unspecified atom stereocenters. The number of fused-ring (bicyclic) bond motifs is 1. The van der Waals surface area contributed by atoms with Crippen molar-refractivity contribution < 1.29 is 14.3 Å². The van der Waals surface area contributed by atoms with Gasteiger partial charge in [0.05, 0.1) is 7.11 Å². The molecule has 152 valence electrons. The molecule has 0 saturated carbocycles. The van der Waals surface area contributed by atoms with E-state index in [1.54, 1.807) is 0 Å². The highest BCUT2D eigenvalue weighted by molar-refractivity contribution is 5.89. The Kier molecular flexibility index (Phi) is 5.57. The normalized spacial score (nSPS) is 10.9. The maximum atomic E-state index is 11.2. The van der Waals surface area contributed by atoms with Crippen LogP contribution in [0.3, 0.4) is 0 Å². The molecule has 0 aliphatic heterocycles. The van der Waals surface area contributed by atoms with Crippen LogP contribution in [-0.2, 0) is 16.1 Å². The van der Waals surface area contributed by atoms with E-state index in [0.717, 1.165) is 17.7 Å². The highest BCUT2D eigenvalue weighted by Crippen LogP contribution is 2.31. The van der Waals surface area contributed by atoms with E-state index >= 15 is 0 Å². The summed E-state index contributed by atoms with van der Waals surface area (Å²) in [5.41, 5.74) is 7.40. The van der Waals surface area contributed by atoms with Crippen LogP contribution >= 0.6 is 0 Å². The lowest BCUT2D eigenvalue weighted by atomic mass is 10.0. The molecule has 4 heteroatoms. The Hall–Kier alpha value is -3.53. The van der Waals surface area contributed by atoms with Gasteiger partial charge in [-0.05, 0) is 60.4 Å². The molecular weight excluding hydrogens is 374 g/mol. The maximum absolute atomic E-state index is 11.2. The van der Waals surface area contributed by atoms with Gasteiger partial charge in [-0.15, -0.1) is 0 Å². The van der Waals surface area contributed by atoms with E-state index in [9.17, 15) is 4.79 Å². The van der Waals surface area contributed by atoms with Gasteiger partial charge in [0.2, 0.25) is 0 Å². The molecular formula is C26H25NO3. The molecule has 0 atom stereocenters. The number of hydrogen-bond donors (Lipinski definition) is 0. The lowest BCUT2D eigenvalue weighted by Crippen LogP contribution is -2.12.